The molecule has 3 N–H and O–H groups in total. The van der Waals surface area contributed by atoms with E-state index in [-0.39, 0.29) is 36.8 Å². The van der Waals surface area contributed by atoms with Crippen LogP contribution in [0.15, 0.2) is 30.3 Å². The Morgan fingerprint density at radius 1 is 1.33 bits per heavy atom. The van der Waals surface area contributed by atoms with E-state index < -0.39 is 0 Å². The fourth-order valence-corrected chi connectivity index (χ4v) is 2.16. The predicted molar refractivity (Wildman–Crippen MR) is 88.0 cm³/mol. The average molecular weight is 336 g/mol. The number of hydrogen-bond acceptors (Lipinski definition) is 4. The number of nitrogens with zero attached hydrogens (tertiary/aromatic N) is 1. The summed E-state index contributed by atoms with van der Waals surface area (Å²) in [6, 6.07) is 10.3. The summed E-state index contributed by atoms with van der Waals surface area (Å²) >= 11 is 0. The highest BCUT2D eigenvalue weighted by Crippen LogP contribution is 2.10. The predicted octanol–water partition coefficient (Wildman–Crippen LogP) is 0.806. The number of rotatable bonds is 5. The lowest BCUT2D eigenvalue weighted by Gasteiger charge is -2.32. The highest BCUT2D eigenvalue weighted by molar-refractivity contribution is 5.85. The summed E-state index contributed by atoms with van der Waals surface area (Å²) in [6.45, 7) is 3.88. The highest BCUT2D eigenvalue weighted by atomic mass is 35.5. The Bertz CT molecular complexity index is 406. The van der Waals surface area contributed by atoms with E-state index in [4.69, 9.17) is 10.5 Å². The second-order valence-corrected chi connectivity index (χ2v) is 4.66. The number of amides is 1. The van der Waals surface area contributed by atoms with Crippen LogP contribution in [0.4, 0.5) is 0 Å². The number of carbonyl (C=O) groups is 1. The minimum absolute atomic E-state index is 0. The molecule has 0 saturated carbocycles. The summed E-state index contributed by atoms with van der Waals surface area (Å²) in [4.78, 5) is 14.1. The van der Waals surface area contributed by atoms with Gasteiger partial charge in [0.05, 0.1) is 6.61 Å². The van der Waals surface area contributed by atoms with E-state index in [0.717, 1.165) is 13.1 Å². The van der Waals surface area contributed by atoms with Crippen molar-refractivity contribution in [3.05, 3.63) is 35.9 Å². The maximum absolute atomic E-state index is 11.8. The second-order valence-electron chi connectivity index (χ2n) is 4.66. The fraction of sp³-hybridized carbons (Fsp3) is 0.500. The van der Waals surface area contributed by atoms with Gasteiger partial charge in [-0.05, 0) is 5.56 Å². The van der Waals surface area contributed by atoms with Crippen molar-refractivity contribution in [2.24, 2.45) is 5.73 Å². The first-order valence-electron chi connectivity index (χ1n) is 6.65. The monoisotopic (exact) mass is 335 g/mol. The molecular weight excluding hydrogens is 313 g/mol. The summed E-state index contributed by atoms with van der Waals surface area (Å²) in [5.41, 5.74) is 6.62. The van der Waals surface area contributed by atoms with Crippen LogP contribution in [-0.2, 0) is 16.1 Å². The molecule has 1 aromatic rings. The first-order chi connectivity index (χ1) is 9.29. The Balaban J connectivity index is 0.00000200. The van der Waals surface area contributed by atoms with Crippen molar-refractivity contribution in [2.75, 3.05) is 32.8 Å². The van der Waals surface area contributed by atoms with Crippen LogP contribution in [0.2, 0.25) is 0 Å². The summed E-state index contributed by atoms with van der Waals surface area (Å²) in [7, 11) is 0. The van der Waals surface area contributed by atoms with Crippen molar-refractivity contribution < 1.29 is 9.53 Å². The molecule has 2 rings (SSSR count). The summed E-state index contributed by atoms with van der Waals surface area (Å²) in [5, 5.41) is 2.77. The minimum Gasteiger partial charge on any atom is -0.366 e. The van der Waals surface area contributed by atoms with E-state index in [0.29, 0.717) is 26.2 Å². The molecule has 1 heterocycles. The Morgan fingerprint density at radius 2 is 2.05 bits per heavy atom. The van der Waals surface area contributed by atoms with Crippen LogP contribution >= 0.6 is 24.8 Å². The van der Waals surface area contributed by atoms with Gasteiger partial charge in [0.2, 0.25) is 0 Å². The van der Waals surface area contributed by atoms with Crippen molar-refractivity contribution >= 4 is 30.7 Å². The lowest BCUT2D eigenvalue weighted by Crippen LogP contribution is -2.50. The van der Waals surface area contributed by atoms with Crippen molar-refractivity contribution in [1.82, 2.24) is 10.2 Å². The molecule has 1 atom stereocenters. The molecule has 0 radical (unpaired) electrons. The molecule has 0 aromatic heterocycles. The van der Waals surface area contributed by atoms with Gasteiger partial charge in [-0.1, -0.05) is 30.3 Å². The molecular formula is C14H23Cl2N3O2. The molecule has 5 nitrogen and oxygen atoms in total. The summed E-state index contributed by atoms with van der Waals surface area (Å²) in [5.74, 6) is -0.0665. The van der Waals surface area contributed by atoms with Gasteiger partial charge in [-0.2, -0.15) is 0 Å². The Morgan fingerprint density at radius 3 is 2.71 bits per heavy atom. The molecule has 1 aliphatic rings. The number of ether oxygens (including phenoxy) is 1. The Labute approximate surface area is 138 Å². The SMILES string of the molecule is Cl.Cl.NCCNC(=O)C1CN(Cc2ccccc2)CCO1. The average Bonchev–Trinajstić information content (AvgIpc) is 2.46. The molecule has 1 aromatic carbocycles. The minimum atomic E-state index is -0.385. The van der Waals surface area contributed by atoms with Gasteiger partial charge in [-0.25, -0.2) is 0 Å². The van der Waals surface area contributed by atoms with Gasteiger partial charge in [0.1, 0.15) is 6.10 Å². The molecule has 1 fully saturated rings. The first-order valence-corrected chi connectivity index (χ1v) is 6.65. The number of morpholine rings is 1. The van der Waals surface area contributed by atoms with Gasteiger partial charge < -0.3 is 15.8 Å². The maximum atomic E-state index is 11.8. The van der Waals surface area contributed by atoms with Gasteiger partial charge >= 0.3 is 0 Å². The van der Waals surface area contributed by atoms with E-state index in [1.54, 1.807) is 0 Å². The largest absolute Gasteiger partial charge is 0.366 e. The Kier molecular flexibility index (Phi) is 10.4. The third-order valence-electron chi connectivity index (χ3n) is 3.14. The third-order valence-corrected chi connectivity index (χ3v) is 3.14. The normalized spacial score (nSPS) is 18.2. The number of benzene rings is 1. The summed E-state index contributed by atoms with van der Waals surface area (Å²) < 4.78 is 5.51. The van der Waals surface area contributed by atoms with Gasteiger partial charge in [0.25, 0.3) is 5.91 Å². The first kappa shape index (κ1) is 20.1. The lowest BCUT2D eigenvalue weighted by atomic mass is 10.2. The standard InChI is InChI=1S/C14H21N3O2.2ClH/c15-6-7-16-14(18)13-11-17(8-9-19-13)10-12-4-2-1-3-5-12;;/h1-5,13H,6-11,15H2,(H,16,18);2*1H. The zero-order valence-electron chi connectivity index (χ0n) is 11.9. The molecule has 1 unspecified atom stereocenters. The molecule has 1 saturated heterocycles. The fourth-order valence-electron chi connectivity index (χ4n) is 2.16. The topological polar surface area (TPSA) is 67.6 Å². The maximum Gasteiger partial charge on any atom is 0.250 e. The van der Waals surface area contributed by atoms with Crippen molar-refractivity contribution in [3.8, 4) is 0 Å². The van der Waals surface area contributed by atoms with Crippen LogP contribution in [0.3, 0.4) is 0 Å². The van der Waals surface area contributed by atoms with Crippen molar-refractivity contribution in [1.29, 1.82) is 0 Å². The van der Waals surface area contributed by atoms with Crippen LogP contribution in [0, 0.1) is 0 Å². The van der Waals surface area contributed by atoms with Crippen LogP contribution in [0.1, 0.15) is 5.56 Å². The van der Waals surface area contributed by atoms with E-state index in [9.17, 15) is 4.79 Å². The van der Waals surface area contributed by atoms with Gasteiger partial charge in [0, 0.05) is 32.7 Å². The second kappa shape index (κ2) is 10.8. The van der Waals surface area contributed by atoms with E-state index >= 15 is 0 Å². The van der Waals surface area contributed by atoms with Crippen LogP contribution in [-0.4, -0.2) is 49.7 Å². The van der Waals surface area contributed by atoms with Crippen molar-refractivity contribution in [3.63, 3.8) is 0 Å². The molecule has 21 heavy (non-hydrogen) atoms. The molecule has 7 heteroatoms. The Hall–Kier alpha value is -0.850. The van der Waals surface area contributed by atoms with E-state index in [1.807, 2.05) is 18.2 Å². The number of halogens is 2. The number of carbonyl (C=O) groups excluding carboxylic acids is 1. The quantitative estimate of drug-likeness (QED) is 0.835. The smallest absolute Gasteiger partial charge is 0.250 e. The van der Waals surface area contributed by atoms with Crippen LogP contribution < -0.4 is 11.1 Å². The molecule has 120 valence electrons. The van der Waals surface area contributed by atoms with Crippen LogP contribution in [0.25, 0.3) is 0 Å². The highest BCUT2D eigenvalue weighted by Gasteiger charge is 2.26. The number of nitrogens with two attached hydrogens (primary N) is 1. The van der Waals surface area contributed by atoms with Crippen LogP contribution in [0.5, 0.6) is 0 Å². The molecule has 1 amide bonds. The molecule has 0 bridgehead atoms. The van der Waals surface area contributed by atoms with Gasteiger partial charge in [-0.3, -0.25) is 9.69 Å². The van der Waals surface area contributed by atoms with Gasteiger partial charge in [0.15, 0.2) is 0 Å². The van der Waals surface area contributed by atoms with E-state index in [1.165, 1.54) is 5.56 Å². The zero-order valence-corrected chi connectivity index (χ0v) is 13.5. The van der Waals surface area contributed by atoms with Gasteiger partial charge in [-0.15, -0.1) is 24.8 Å². The molecule has 0 aliphatic carbocycles. The molecule has 1 aliphatic heterocycles. The number of hydrogen-bond donors (Lipinski definition) is 2. The summed E-state index contributed by atoms with van der Waals surface area (Å²) in [6.07, 6.45) is -0.385. The third kappa shape index (κ3) is 6.63. The van der Waals surface area contributed by atoms with E-state index in [2.05, 4.69) is 22.3 Å². The number of nitrogens with one attached hydrogen (secondary N) is 1. The molecule has 0 spiro atoms. The zero-order chi connectivity index (χ0) is 13.5. The lowest BCUT2D eigenvalue weighted by molar-refractivity contribution is -0.138. The van der Waals surface area contributed by atoms with Crippen molar-refractivity contribution in [2.45, 2.75) is 12.6 Å².